The molecule has 0 aromatic heterocycles. The van der Waals surface area contributed by atoms with Crippen LogP contribution in [0.1, 0.15) is 42.7 Å². The third-order valence-electron chi connectivity index (χ3n) is 6.89. The van der Waals surface area contributed by atoms with Gasteiger partial charge in [-0.1, -0.05) is 48.5 Å². The van der Waals surface area contributed by atoms with Crippen LogP contribution < -0.4 is 0 Å². The van der Waals surface area contributed by atoms with Crippen molar-refractivity contribution in [3.8, 4) is 11.1 Å². The molecule has 0 unspecified atom stereocenters. The second-order valence-corrected chi connectivity index (χ2v) is 8.06. The van der Waals surface area contributed by atoms with Crippen molar-refractivity contribution in [1.82, 2.24) is 4.90 Å². The van der Waals surface area contributed by atoms with Crippen molar-refractivity contribution in [3.05, 3.63) is 59.7 Å². The highest BCUT2D eigenvalue weighted by Gasteiger charge is 2.60. The fraction of sp³-hybridized carbons (Fsp3) is 0.391. The van der Waals surface area contributed by atoms with Gasteiger partial charge in [-0.3, -0.25) is 4.90 Å². The Hall–Kier alpha value is -2.82. The molecule has 1 amide bonds. The van der Waals surface area contributed by atoms with Gasteiger partial charge in [-0.15, -0.1) is 0 Å². The fourth-order valence-corrected chi connectivity index (χ4v) is 5.38. The highest BCUT2D eigenvalue weighted by atomic mass is 16.6. The van der Waals surface area contributed by atoms with E-state index in [1.54, 1.807) is 0 Å². The van der Waals surface area contributed by atoms with Gasteiger partial charge in [-0.2, -0.15) is 0 Å². The van der Waals surface area contributed by atoms with Crippen LogP contribution >= 0.6 is 0 Å². The average molecular weight is 377 g/mol. The van der Waals surface area contributed by atoms with Crippen LogP contribution in [-0.4, -0.2) is 40.8 Å². The van der Waals surface area contributed by atoms with E-state index in [1.165, 1.54) is 16.0 Å². The lowest BCUT2D eigenvalue weighted by Gasteiger charge is -2.55. The first-order valence-electron chi connectivity index (χ1n) is 9.99. The van der Waals surface area contributed by atoms with Gasteiger partial charge in [0.1, 0.15) is 12.1 Å². The number of benzene rings is 2. The minimum absolute atomic E-state index is 0.0147. The van der Waals surface area contributed by atoms with Crippen LogP contribution in [-0.2, 0) is 9.53 Å². The van der Waals surface area contributed by atoms with Gasteiger partial charge in [0.05, 0.1) is 0 Å². The molecule has 0 bridgehead atoms. The molecule has 2 atom stereocenters. The Bertz CT molecular complexity index is 910. The van der Waals surface area contributed by atoms with Gasteiger partial charge in [0.25, 0.3) is 0 Å². The molecular weight excluding hydrogens is 354 g/mol. The third-order valence-corrected chi connectivity index (χ3v) is 6.89. The number of hydrogen-bond donors (Lipinski definition) is 1. The number of nitrogens with zero attached hydrogens (tertiary/aromatic N) is 1. The first kappa shape index (κ1) is 17.3. The molecule has 5 heteroatoms. The van der Waals surface area contributed by atoms with E-state index in [4.69, 9.17) is 4.74 Å². The molecule has 2 fully saturated rings. The number of carbonyl (C=O) groups is 2. The number of aliphatic carboxylic acids is 1. The van der Waals surface area contributed by atoms with Crippen LogP contribution in [0.2, 0.25) is 0 Å². The topological polar surface area (TPSA) is 66.8 Å². The first-order chi connectivity index (χ1) is 13.6. The highest BCUT2D eigenvalue weighted by molar-refractivity contribution is 5.86. The van der Waals surface area contributed by atoms with Crippen LogP contribution in [0, 0.1) is 5.92 Å². The van der Waals surface area contributed by atoms with Crippen LogP contribution in [0.4, 0.5) is 4.79 Å². The number of rotatable bonds is 3. The Balaban J connectivity index is 1.38. The fourth-order valence-electron chi connectivity index (χ4n) is 5.38. The Morgan fingerprint density at radius 3 is 2.25 bits per heavy atom. The van der Waals surface area contributed by atoms with E-state index in [0.717, 1.165) is 30.4 Å². The van der Waals surface area contributed by atoms with Gasteiger partial charge in [0, 0.05) is 12.5 Å². The molecule has 1 heterocycles. The summed E-state index contributed by atoms with van der Waals surface area (Å²) in [5, 5.41) is 9.83. The minimum Gasteiger partial charge on any atom is -0.479 e. The molecular formula is C23H23NO4. The van der Waals surface area contributed by atoms with Gasteiger partial charge in [0.2, 0.25) is 0 Å². The molecule has 0 radical (unpaired) electrons. The predicted octanol–water partition coefficient (Wildman–Crippen LogP) is 4.26. The zero-order valence-electron chi connectivity index (χ0n) is 15.6. The predicted molar refractivity (Wildman–Crippen MR) is 104 cm³/mol. The van der Waals surface area contributed by atoms with Crippen molar-refractivity contribution >= 4 is 12.1 Å². The summed E-state index contributed by atoms with van der Waals surface area (Å²) in [5.41, 5.74) is 3.62. The van der Waals surface area contributed by atoms with Gasteiger partial charge in [-0.25, -0.2) is 9.59 Å². The minimum atomic E-state index is -1.05. The van der Waals surface area contributed by atoms with E-state index in [0.29, 0.717) is 13.0 Å². The standard InChI is InChI=1S/C23H23NO4/c25-21(26)23-12-11-15(23)6-5-13-24(23)22(27)28-14-20-18-9-3-1-7-16(18)17-8-2-4-10-19(17)20/h1-4,7-10,15,20H,5-6,11-14H2,(H,25,26)/t15-,23+/m1/s1. The molecule has 1 aliphatic heterocycles. The summed E-state index contributed by atoms with van der Waals surface area (Å²) >= 11 is 0. The SMILES string of the molecule is O=C(OCC1c2ccccc2-c2ccccc21)N1CCC[C@@H]2CC[C@@]21C(=O)O. The number of carboxylic acid groups (broad SMARTS) is 1. The smallest absolute Gasteiger partial charge is 0.410 e. The summed E-state index contributed by atoms with van der Waals surface area (Å²) in [6.07, 6.45) is 2.62. The molecule has 0 spiro atoms. The van der Waals surface area contributed by atoms with Crippen molar-refractivity contribution in [2.45, 2.75) is 37.1 Å². The van der Waals surface area contributed by atoms with Crippen LogP contribution in [0.5, 0.6) is 0 Å². The van der Waals surface area contributed by atoms with Crippen molar-refractivity contribution in [2.75, 3.05) is 13.2 Å². The van der Waals surface area contributed by atoms with Crippen molar-refractivity contribution in [1.29, 1.82) is 0 Å². The second kappa shape index (κ2) is 6.36. The molecule has 1 saturated heterocycles. The number of hydrogen-bond acceptors (Lipinski definition) is 3. The van der Waals surface area contributed by atoms with Crippen LogP contribution in [0.3, 0.4) is 0 Å². The van der Waals surface area contributed by atoms with E-state index in [-0.39, 0.29) is 18.4 Å². The lowest BCUT2D eigenvalue weighted by Crippen LogP contribution is -2.68. The normalized spacial score (nSPS) is 25.3. The number of piperidine rings is 1. The van der Waals surface area contributed by atoms with Crippen molar-refractivity contribution in [2.24, 2.45) is 5.92 Å². The van der Waals surface area contributed by atoms with E-state index in [2.05, 4.69) is 24.3 Å². The Morgan fingerprint density at radius 2 is 1.68 bits per heavy atom. The lowest BCUT2D eigenvalue weighted by molar-refractivity contribution is -0.168. The molecule has 5 rings (SSSR count). The van der Waals surface area contributed by atoms with Crippen molar-refractivity contribution in [3.63, 3.8) is 0 Å². The summed E-state index contributed by atoms with van der Waals surface area (Å²) in [6, 6.07) is 16.4. The van der Waals surface area contributed by atoms with Gasteiger partial charge < -0.3 is 9.84 Å². The van der Waals surface area contributed by atoms with Crippen molar-refractivity contribution < 1.29 is 19.4 Å². The zero-order chi connectivity index (χ0) is 19.3. The van der Waals surface area contributed by atoms with Crippen LogP contribution in [0.15, 0.2) is 48.5 Å². The summed E-state index contributed by atoms with van der Waals surface area (Å²) in [4.78, 5) is 26.4. The summed E-state index contributed by atoms with van der Waals surface area (Å²) in [6.45, 7) is 0.684. The number of amides is 1. The molecule has 28 heavy (non-hydrogen) atoms. The van der Waals surface area contributed by atoms with E-state index in [9.17, 15) is 14.7 Å². The molecule has 144 valence electrons. The lowest BCUT2D eigenvalue weighted by atomic mass is 9.61. The largest absolute Gasteiger partial charge is 0.479 e. The maximum Gasteiger partial charge on any atom is 0.410 e. The number of carbonyl (C=O) groups excluding carboxylic acids is 1. The molecule has 2 aliphatic carbocycles. The quantitative estimate of drug-likeness (QED) is 0.868. The average Bonchev–Trinajstić information content (AvgIpc) is 3.00. The molecule has 3 aliphatic rings. The molecule has 2 aromatic carbocycles. The van der Waals surface area contributed by atoms with Crippen LogP contribution in [0.25, 0.3) is 11.1 Å². The molecule has 1 saturated carbocycles. The maximum absolute atomic E-state index is 12.9. The third kappa shape index (κ3) is 2.32. The summed E-state index contributed by atoms with van der Waals surface area (Å²) in [5.74, 6) is -0.852. The maximum atomic E-state index is 12.9. The number of ether oxygens (including phenoxy) is 1. The number of likely N-dealkylation sites (tertiary alicyclic amines) is 1. The second-order valence-electron chi connectivity index (χ2n) is 8.06. The van der Waals surface area contributed by atoms with Gasteiger partial charge >= 0.3 is 12.1 Å². The van der Waals surface area contributed by atoms with E-state index in [1.807, 2.05) is 24.3 Å². The zero-order valence-corrected chi connectivity index (χ0v) is 15.6. The Kier molecular flexibility index (Phi) is 3.93. The van der Waals surface area contributed by atoms with E-state index < -0.39 is 17.6 Å². The summed E-state index contributed by atoms with van der Waals surface area (Å²) < 4.78 is 5.73. The molecule has 1 N–H and O–H groups in total. The molecule has 2 aromatic rings. The monoisotopic (exact) mass is 377 g/mol. The highest BCUT2D eigenvalue weighted by Crippen LogP contribution is 2.50. The first-order valence-corrected chi connectivity index (χ1v) is 9.99. The summed E-state index contributed by atoms with van der Waals surface area (Å²) in [7, 11) is 0. The Labute approximate surface area is 163 Å². The van der Waals surface area contributed by atoms with Gasteiger partial charge in [-0.05, 0) is 53.9 Å². The molecule has 5 nitrogen and oxygen atoms in total. The van der Waals surface area contributed by atoms with Gasteiger partial charge in [0.15, 0.2) is 0 Å². The number of fused-ring (bicyclic) bond motifs is 4. The van der Waals surface area contributed by atoms with E-state index >= 15 is 0 Å². The number of carboxylic acids is 1. The Morgan fingerprint density at radius 1 is 1.04 bits per heavy atom.